The van der Waals surface area contributed by atoms with Crippen molar-refractivity contribution in [2.75, 3.05) is 0 Å². The predicted octanol–water partition coefficient (Wildman–Crippen LogP) is 9.76. The third-order valence-electron chi connectivity index (χ3n) is 8.65. The van der Waals surface area contributed by atoms with Gasteiger partial charge in [-0.2, -0.15) is 0 Å². The zero-order chi connectivity index (χ0) is 33.3. The molecular formula is C43H27N7. The standard InChI is InChI=1S/C43H27N7/c1-3-8-30(9-4-1)40-48-41(31-10-5-2-6-11-31)50-42(49-40)32-15-12-28(13-16-32)36-22-20-35-26-33(19-21-37(35)46-36)34-17-14-29-18-23-38(47-39(29)27-34)43-44-24-7-25-45-43/h1-27H. The number of benzene rings is 5. The highest BCUT2D eigenvalue weighted by atomic mass is 15.0. The van der Waals surface area contributed by atoms with E-state index >= 15 is 0 Å². The minimum absolute atomic E-state index is 0.613. The summed E-state index contributed by atoms with van der Waals surface area (Å²) in [5, 5.41) is 2.13. The van der Waals surface area contributed by atoms with E-state index in [1.807, 2.05) is 78.9 Å². The number of nitrogens with zero attached hydrogens (tertiary/aromatic N) is 7. The molecule has 0 N–H and O–H groups in total. The molecule has 0 atom stereocenters. The van der Waals surface area contributed by atoms with Crippen molar-refractivity contribution < 1.29 is 0 Å². The lowest BCUT2D eigenvalue weighted by molar-refractivity contribution is 1.07. The average Bonchev–Trinajstić information content (AvgIpc) is 3.21. The monoisotopic (exact) mass is 641 g/mol. The molecule has 0 radical (unpaired) electrons. The van der Waals surface area contributed by atoms with Crippen LogP contribution in [0.1, 0.15) is 0 Å². The van der Waals surface area contributed by atoms with E-state index in [2.05, 4.69) is 76.7 Å². The maximum atomic E-state index is 5.02. The van der Waals surface area contributed by atoms with Gasteiger partial charge in [-0.05, 0) is 47.5 Å². The van der Waals surface area contributed by atoms with E-state index in [1.54, 1.807) is 18.5 Å². The molecule has 0 saturated carbocycles. The lowest BCUT2D eigenvalue weighted by Gasteiger charge is -2.10. The van der Waals surface area contributed by atoms with Gasteiger partial charge >= 0.3 is 0 Å². The zero-order valence-electron chi connectivity index (χ0n) is 26.7. The molecule has 0 saturated heterocycles. The Bertz CT molecular complexity index is 2570. The van der Waals surface area contributed by atoms with Crippen molar-refractivity contribution in [1.82, 2.24) is 34.9 Å². The molecule has 5 aromatic carbocycles. The minimum atomic E-state index is 0.613. The van der Waals surface area contributed by atoms with E-state index < -0.39 is 0 Å². The molecular weight excluding hydrogens is 615 g/mol. The van der Waals surface area contributed by atoms with Crippen LogP contribution in [0.4, 0.5) is 0 Å². The second-order valence-electron chi connectivity index (χ2n) is 11.9. The van der Waals surface area contributed by atoms with Gasteiger partial charge in [0, 0.05) is 45.4 Å². The lowest BCUT2D eigenvalue weighted by atomic mass is 10.0. The van der Waals surface area contributed by atoms with Crippen molar-refractivity contribution in [2.24, 2.45) is 0 Å². The van der Waals surface area contributed by atoms with Crippen LogP contribution in [0.2, 0.25) is 0 Å². The van der Waals surface area contributed by atoms with Crippen molar-refractivity contribution >= 4 is 21.8 Å². The van der Waals surface area contributed by atoms with Crippen LogP contribution >= 0.6 is 0 Å². The molecule has 0 aliphatic rings. The Kier molecular flexibility index (Phi) is 7.33. The summed E-state index contributed by atoms with van der Waals surface area (Å²) in [5.41, 5.74) is 9.46. The second kappa shape index (κ2) is 12.6. The first-order chi connectivity index (χ1) is 24.7. The molecule has 234 valence electrons. The average molecular weight is 642 g/mol. The molecule has 4 heterocycles. The summed E-state index contributed by atoms with van der Waals surface area (Å²) in [5.74, 6) is 2.51. The fraction of sp³-hybridized carbons (Fsp3) is 0. The first kappa shape index (κ1) is 29.2. The van der Waals surface area contributed by atoms with Crippen LogP contribution in [0.5, 0.6) is 0 Å². The summed E-state index contributed by atoms with van der Waals surface area (Å²) >= 11 is 0. The van der Waals surface area contributed by atoms with Crippen molar-refractivity contribution in [1.29, 1.82) is 0 Å². The molecule has 7 nitrogen and oxygen atoms in total. The smallest absolute Gasteiger partial charge is 0.178 e. The number of aromatic nitrogens is 7. The molecule has 9 aromatic rings. The molecule has 50 heavy (non-hydrogen) atoms. The van der Waals surface area contributed by atoms with E-state index in [0.717, 1.165) is 66.6 Å². The number of rotatable bonds is 6. The third kappa shape index (κ3) is 5.73. The highest BCUT2D eigenvalue weighted by molar-refractivity contribution is 5.90. The maximum absolute atomic E-state index is 5.02. The van der Waals surface area contributed by atoms with Gasteiger partial charge in [0.25, 0.3) is 0 Å². The molecule has 0 fully saturated rings. The molecule has 0 aliphatic heterocycles. The fourth-order valence-corrected chi connectivity index (χ4v) is 6.05. The molecule has 7 heteroatoms. The minimum Gasteiger partial charge on any atom is -0.248 e. The largest absolute Gasteiger partial charge is 0.248 e. The quantitative estimate of drug-likeness (QED) is 0.179. The highest BCUT2D eigenvalue weighted by Crippen LogP contribution is 2.30. The topological polar surface area (TPSA) is 90.2 Å². The summed E-state index contributed by atoms with van der Waals surface area (Å²) in [6.07, 6.45) is 3.46. The highest BCUT2D eigenvalue weighted by Gasteiger charge is 2.13. The van der Waals surface area contributed by atoms with Gasteiger partial charge in [0.1, 0.15) is 5.69 Å². The Morgan fingerprint density at radius 2 is 0.780 bits per heavy atom. The van der Waals surface area contributed by atoms with Gasteiger partial charge in [-0.25, -0.2) is 34.9 Å². The maximum Gasteiger partial charge on any atom is 0.178 e. The van der Waals surface area contributed by atoms with Crippen molar-refractivity contribution in [3.63, 3.8) is 0 Å². The Labute approximate surface area is 288 Å². The molecule has 9 rings (SSSR count). The van der Waals surface area contributed by atoms with Crippen LogP contribution in [-0.4, -0.2) is 34.9 Å². The van der Waals surface area contributed by atoms with Crippen molar-refractivity contribution in [3.8, 4) is 68.1 Å². The van der Waals surface area contributed by atoms with E-state index in [0.29, 0.717) is 23.3 Å². The van der Waals surface area contributed by atoms with E-state index in [4.69, 9.17) is 24.9 Å². The number of pyridine rings is 2. The summed E-state index contributed by atoms with van der Waals surface area (Å²) < 4.78 is 0. The number of hydrogen-bond acceptors (Lipinski definition) is 7. The van der Waals surface area contributed by atoms with Crippen molar-refractivity contribution in [3.05, 3.63) is 164 Å². The number of fused-ring (bicyclic) bond motifs is 2. The van der Waals surface area contributed by atoms with Gasteiger partial charge in [-0.3, -0.25) is 0 Å². The Morgan fingerprint density at radius 3 is 1.46 bits per heavy atom. The molecule has 4 aromatic heterocycles. The molecule has 0 unspecified atom stereocenters. The second-order valence-corrected chi connectivity index (χ2v) is 11.9. The first-order valence-electron chi connectivity index (χ1n) is 16.3. The SMILES string of the molecule is c1ccc(-c2nc(-c3ccccc3)nc(-c3ccc(-c4ccc5cc(-c6ccc7ccc(-c8ncccn8)nc7c6)ccc5n4)cc3)n2)cc1. The normalized spacial score (nSPS) is 11.2. The number of hydrogen-bond donors (Lipinski definition) is 0. The third-order valence-corrected chi connectivity index (χ3v) is 8.65. The summed E-state index contributed by atoms with van der Waals surface area (Å²) in [4.78, 5) is 33.1. The summed E-state index contributed by atoms with van der Waals surface area (Å²) in [6.45, 7) is 0. The summed E-state index contributed by atoms with van der Waals surface area (Å²) in [6, 6.07) is 51.0. The summed E-state index contributed by atoms with van der Waals surface area (Å²) in [7, 11) is 0. The van der Waals surface area contributed by atoms with Gasteiger partial charge in [-0.15, -0.1) is 0 Å². The Hall–Kier alpha value is -6.99. The molecule has 0 aliphatic carbocycles. The first-order valence-corrected chi connectivity index (χ1v) is 16.3. The van der Waals surface area contributed by atoms with Crippen molar-refractivity contribution in [2.45, 2.75) is 0 Å². The van der Waals surface area contributed by atoms with Gasteiger partial charge < -0.3 is 0 Å². The van der Waals surface area contributed by atoms with Crippen LogP contribution in [0.25, 0.3) is 89.9 Å². The lowest BCUT2D eigenvalue weighted by Crippen LogP contribution is -2.00. The van der Waals surface area contributed by atoms with E-state index in [1.165, 1.54) is 0 Å². The van der Waals surface area contributed by atoms with Crippen LogP contribution in [0.15, 0.2) is 164 Å². The Balaban J connectivity index is 1.01. The predicted molar refractivity (Wildman–Crippen MR) is 199 cm³/mol. The van der Waals surface area contributed by atoms with E-state index in [-0.39, 0.29) is 0 Å². The van der Waals surface area contributed by atoms with Crippen LogP contribution in [-0.2, 0) is 0 Å². The zero-order valence-corrected chi connectivity index (χ0v) is 26.7. The molecule has 0 bridgehead atoms. The van der Waals surface area contributed by atoms with Crippen LogP contribution in [0, 0.1) is 0 Å². The van der Waals surface area contributed by atoms with Crippen LogP contribution < -0.4 is 0 Å². The van der Waals surface area contributed by atoms with Crippen LogP contribution in [0.3, 0.4) is 0 Å². The fourth-order valence-electron chi connectivity index (χ4n) is 6.05. The van der Waals surface area contributed by atoms with Gasteiger partial charge in [-0.1, -0.05) is 115 Å². The van der Waals surface area contributed by atoms with Gasteiger partial charge in [0.05, 0.1) is 16.7 Å². The Morgan fingerprint density at radius 1 is 0.280 bits per heavy atom. The van der Waals surface area contributed by atoms with Gasteiger partial charge in [0.15, 0.2) is 23.3 Å². The molecule has 0 amide bonds. The van der Waals surface area contributed by atoms with Gasteiger partial charge in [0.2, 0.25) is 0 Å². The molecule has 0 spiro atoms. The van der Waals surface area contributed by atoms with E-state index in [9.17, 15) is 0 Å².